The predicted octanol–water partition coefficient (Wildman–Crippen LogP) is 1.89. The van der Waals surface area contributed by atoms with Crippen LogP contribution in [-0.2, 0) is 0 Å². The maximum atomic E-state index is 13.0. The normalized spacial score (nSPS) is 18.2. The Bertz CT molecular complexity index is 346. The fourth-order valence-electron chi connectivity index (χ4n) is 1.84. The monoisotopic (exact) mass is 212 g/mol. The van der Waals surface area contributed by atoms with Crippen molar-refractivity contribution >= 4 is 5.69 Å². The van der Waals surface area contributed by atoms with E-state index in [2.05, 4.69) is 0 Å². The van der Waals surface area contributed by atoms with Crippen LogP contribution in [0.15, 0.2) is 18.2 Å². The minimum Gasteiger partial charge on any atom is -0.371 e. The van der Waals surface area contributed by atoms with Crippen molar-refractivity contribution in [1.82, 2.24) is 0 Å². The molecule has 1 aromatic rings. The molecule has 0 saturated carbocycles. The van der Waals surface area contributed by atoms with E-state index in [0.29, 0.717) is 0 Å². The van der Waals surface area contributed by atoms with Crippen molar-refractivity contribution < 1.29 is 8.78 Å². The molecule has 1 aliphatic heterocycles. The van der Waals surface area contributed by atoms with Crippen LogP contribution in [0, 0.1) is 11.6 Å². The molecule has 2 nitrogen and oxygen atoms in total. The Kier molecular flexibility index (Phi) is 2.86. The average molecular weight is 212 g/mol. The van der Waals surface area contributed by atoms with Gasteiger partial charge in [-0.15, -0.1) is 0 Å². The van der Waals surface area contributed by atoms with Crippen LogP contribution in [0.1, 0.15) is 12.8 Å². The lowest BCUT2D eigenvalue weighted by Gasteiger charge is -2.32. The SMILES string of the molecule is NC1CCN(c2ccc(F)c(F)c2)CC1. The maximum absolute atomic E-state index is 13.0. The average Bonchev–Trinajstić information content (AvgIpc) is 2.23. The summed E-state index contributed by atoms with van der Waals surface area (Å²) in [7, 11) is 0. The van der Waals surface area contributed by atoms with Crippen LogP contribution in [0.2, 0.25) is 0 Å². The van der Waals surface area contributed by atoms with E-state index in [0.717, 1.165) is 31.6 Å². The first-order chi connectivity index (χ1) is 7.16. The number of halogens is 2. The van der Waals surface area contributed by atoms with Gasteiger partial charge in [-0.1, -0.05) is 0 Å². The van der Waals surface area contributed by atoms with E-state index in [1.807, 2.05) is 4.90 Å². The van der Waals surface area contributed by atoms with Crippen molar-refractivity contribution in [2.75, 3.05) is 18.0 Å². The Morgan fingerprint density at radius 3 is 2.40 bits per heavy atom. The van der Waals surface area contributed by atoms with Crippen molar-refractivity contribution in [2.45, 2.75) is 18.9 Å². The van der Waals surface area contributed by atoms with Gasteiger partial charge >= 0.3 is 0 Å². The zero-order chi connectivity index (χ0) is 10.8. The highest BCUT2D eigenvalue weighted by Crippen LogP contribution is 2.21. The van der Waals surface area contributed by atoms with Crippen molar-refractivity contribution in [3.8, 4) is 0 Å². The molecule has 2 rings (SSSR count). The zero-order valence-electron chi connectivity index (χ0n) is 8.42. The molecule has 0 atom stereocenters. The van der Waals surface area contributed by atoms with Gasteiger partial charge in [0, 0.05) is 30.9 Å². The molecule has 1 heterocycles. The summed E-state index contributed by atoms with van der Waals surface area (Å²) in [5.74, 6) is -1.59. The van der Waals surface area contributed by atoms with Gasteiger partial charge in [0.2, 0.25) is 0 Å². The smallest absolute Gasteiger partial charge is 0.160 e. The molecule has 0 unspecified atom stereocenters. The molecule has 0 amide bonds. The molecule has 0 aliphatic carbocycles. The molecule has 4 heteroatoms. The summed E-state index contributed by atoms with van der Waals surface area (Å²) in [5.41, 5.74) is 6.51. The number of hydrogen-bond acceptors (Lipinski definition) is 2. The molecule has 0 radical (unpaired) electrons. The minimum absolute atomic E-state index is 0.242. The van der Waals surface area contributed by atoms with E-state index in [-0.39, 0.29) is 6.04 Å². The molecule has 0 aromatic heterocycles. The van der Waals surface area contributed by atoms with E-state index < -0.39 is 11.6 Å². The Morgan fingerprint density at radius 1 is 1.13 bits per heavy atom. The van der Waals surface area contributed by atoms with Crippen LogP contribution in [0.3, 0.4) is 0 Å². The van der Waals surface area contributed by atoms with Crippen molar-refractivity contribution in [1.29, 1.82) is 0 Å². The van der Waals surface area contributed by atoms with Gasteiger partial charge in [0.05, 0.1) is 0 Å². The van der Waals surface area contributed by atoms with Gasteiger partial charge in [0.25, 0.3) is 0 Å². The molecule has 82 valence electrons. The first kappa shape index (κ1) is 10.4. The van der Waals surface area contributed by atoms with Crippen LogP contribution in [0.4, 0.5) is 14.5 Å². The largest absolute Gasteiger partial charge is 0.371 e. The molecule has 0 bridgehead atoms. The Morgan fingerprint density at radius 2 is 1.80 bits per heavy atom. The van der Waals surface area contributed by atoms with E-state index in [1.165, 1.54) is 12.1 Å². The standard InChI is InChI=1S/C11H14F2N2/c12-10-2-1-9(7-11(10)13)15-5-3-8(14)4-6-15/h1-2,7-8H,3-6,14H2. The summed E-state index contributed by atoms with van der Waals surface area (Å²) in [5, 5.41) is 0. The Hall–Kier alpha value is -1.16. The Balaban J connectivity index is 2.12. The third kappa shape index (κ3) is 2.26. The van der Waals surface area contributed by atoms with Crippen LogP contribution < -0.4 is 10.6 Å². The summed E-state index contributed by atoms with van der Waals surface area (Å²) in [6.07, 6.45) is 1.80. The molecular weight excluding hydrogens is 198 g/mol. The second kappa shape index (κ2) is 4.14. The molecule has 2 N–H and O–H groups in total. The second-order valence-corrected chi connectivity index (χ2v) is 3.92. The number of piperidine rings is 1. The van der Waals surface area contributed by atoms with Gasteiger partial charge in [-0.2, -0.15) is 0 Å². The van der Waals surface area contributed by atoms with Crippen molar-refractivity contribution in [3.63, 3.8) is 0 Å². The maximum Gasteiger partial charge on any atom is 0.160 e. The van der Waals surface area contributed by atoms with Gasteiger partial charge in [0.15, 0.2) is 11.6 Å². The fourth-order valence-corrected chi connectivity index (χ4v) is 1.84. The number of hydrogen-bond donors (Lipinski definition) is 1. The molecule has 1 aliphatic rings. The molecule has 1 saturated heterocycles. The van der Waals surface area contributed by atoms with Gasteiger partial charge < -0.3 is 10.6 Å². The van der Waals surface area contributed by atoms with Gasteiger partial charge in [-0.3, -0.25) is 0 Å². The van der Waals surface area contributed by atoms with E-state index in [9.17, 15) is 8.78 Å². The first-order valence-electron chi connectivity index (χ1n) is 5.12. The quantitative estimate of drug-likeness (QED) is 0.770. The van der Waals surface area contributed by atoms with Crippen molar-refractivity contribution in [3.05, 3.63) is 29.8 Å². The van der Waals surface area contributed by atoms with Crippen LogP contribution in [-0.4, -0.2) is 19.1 Å². The number of benzene rings is 1. The molecule has 1 aromatic carbocycles. The van der Waals surface area contributed by atoms with Gasteiger partial charge in [0.1, 0.15) is 0 Å². The van der Waals surface area contributed by atoms with Gasteiger partial charge in [-0.05, 0) is 25.0 Å². The number of rotatable bonds is 1. The van der Waals surface area contributed by atoms with Gasteiger partial charge in [-0.25, -0.2) is 8.78 Å². The number of nitrogens with zero attached hydrogens (tertiary/aromatic N) is 1. The van der Waals surface area contributed by atoms with E-state index in [4.69, 9.17) is 5.73 Å². The van der Waals surface area contributed by atoms with Crippen LogP contribution in [0.25, 0.3) is 0 Å². The topological polar surface area (TPSA) is 29.3 Å². The molecule has 0 spiro atoms. The highest BCUT2D eigenvalue weighted by atomic mass is 19.2. The Labute approximate surface area is 87.7 Å². The van der Waals surface area contributed by atoms with Crippen LogP contribution >= 0.6 is 0 Å². The number of anilines is 1. The lowest BCUT2D eigenvalue weighted by molar-refractivity contribution is 0.493. The highest BCUT2D eigenvalue weighted by Gasteiger charge is 2.17. The molecule has 1 fully saturated rings. The van der Waals surface area contributed by atoms with Crippen molar-refractivity contribution in [2.24, 2.45) is 5.73 Å². The fraction of sp³-hybridized carbons (Fsp3) is 0.455. The molecular formula is C11H14F2N2. The summed E-state index contributed by atoms with van der Waals surface area (Å²) >= 11 is 0. The summed E-state index contributed by atoms with van der Waals surface area (Å²) in [4.78, 5) is 2.03. The minimum atomic E-state index is -0.799. The summed E-state index contributed by atoms with van der Waals surface area (Å²) < 4.78 is 25.7. The molecule has 15 heavy (non-hydrogen) atoms. The lowest BCUT2D eigenvalue weighted by Crippen LogP contribution is -2.39. The number of nitrogens with two attached hydrogens (primary N) is 1. The first-order valence-corrected chi connectivity index (χ1v) is 5.12. The van der Waals surface area contributed by atoms with E-state index >= 15 is 0 Å². The summed E-state index contributed by atoms with van der Waals surface area (Å²) in [6, 6.07) is 4.26. The zero-order valence-corrected chi connectivity index (χ0v) is 8.42. The third-order valence-electron chi connectivity index (χ3n) is 2.81. The predicted molar refractivity (Wildman–Crippen MR) is 55.8 cm³/mol. The van der Waals surface area contributed by atoms with E-state index in [1.54, 1.807) is 6.07 Å². The second-order valence-electron chi connectivity index (χ2n) is 3.92. The highest BCUT2D eigenvalue weighted by molar-refractivity contribution is 5.47. The summed E-state index contributed by atoms with van der Waals surface area (Å²) in [6.45, 7) is 1.62. The van der Waals surface area contributed by atoms with Crippen LogP contribution in [0.5, 0.6) is 0 Å². The lowest BCUT2D eigenvalue weighted by atomic mass is 10.1. The third-order valence-corrected chi connectivity index (χ3v) is 2.81.